The number of benzene rings is 1. The second kappa shape index (κ2) is 5.80. The molecule has 0 aliphatic carbocycles. The number of pyridine rings is 1. The van der Waals surface area contributed by atoms with Crippen molar-refractivity contribution in [2.75, 3.05) is 20.2 Å². The van der Waals surface area contributed by atoms with Crippen molar-refractivity contribution in [3.8, 4) is 5.88 Å². The van der Waals surface area contributed by atoms with Crippen LogP contribution in [0.2, 0.25) is 0 Å². The quantitative estimate of drug-likeness (QED) is 0.844. The number of hydrogen-bond acceptors (Lipinski definition) is 4. The van der Waals surface area contributed by atoms with Crippen LogP contribution in [0.5, 0.6) is 5.88 Å². The average Bonchev–Trinajstić information content (AvgIpc) is 2.43. The van der Waals surface area contributed by atoms with E-state index in [-0.39, 0.29) is 6.04 Å². The topological polar surface area (TPSA) is 60.2 Å². The van der Waals surface area contributed by atoms with Crippen LogP contribution in [0.15, 0.2) is 30.5 Å². The fourth-order valence-electron chi connectivity index (χ4n) is 2.11. The van der Waals surface area contributed by atoms with Gasteiger partial charge in [-0.1, -0.05) is 18.2 Å². The Morgan fingerprint density at radius 3 is 2.72 bits per heavy atom. The Labute approximate surface area is 107 Å². The van der Waals surface area contributed by atoms with Crippen LogP contribution in [0, 0.1) is 0 Å². The van der Waals surface area contributed by atoms with Gasteiger partial charge in [0.15, 0.2) is 0 Å². The Morgan fingerprint density at radius 1 is 1.33 bits per heavy atom. The second-order valence-electron chi connectivity index (χ2n) is 4.23. The highest BCUT2D eigenvalue weighted by molar-refractivity contribution is 5.89. The Hall–Kier alpha value is -1.65. The van der Waals surface area contributed by atoms with Gasteiger partial charge >= 0.3 is 0 Å². The van der Waals surface area contributed by atoms with Gasteiger partial charge in [0.25, 0.3) is 0 Å². The summed E-state index contributed by atoms with van der Waals surface area (Å²) in [5.74, 6) is 0.667. The molecule has 0 fully saturated rings. The Bertz CT molecular complexity index is 527. The van der Waals surface area contributed by atoms with Crippen LogP contribution < -0.4 is 15.8 Å². The highest BCUT2D eigenvalue weighted by atomic mass is 16.5. The molecule has 2 aromatic rings. The zero-order valence-electron chi connectivity index (χ0n) is 10.8. The molecule has 1 aromatic heterocycles. The van der Waals surface area contributed by atoms with Gasteiger partial charge in [0.1, 0.15) is 0 Å². The molecule has 0 spiro atoms. The summed E-state index contributed by atoms with van der Waals surface area (Å²) in [7, 11) is 1.64. The van der Waals surface area contributed by atoms with Crippen molar-refractivity contribution in [3.63, 3.8) is 0 Å². The Morgan fingerprint density at radius 2 is 2.06 bits per heavy atom. The molecule has 1 heterocycles. The minimum absolute atomic E-state index is 0.219. The molecule has 0 saturated carbocycles. The Balaban J connectivity index is 2.45. The first-order chi connectivity index (χ1) is 8.77. The SMILES string of the molecule is COc1ncc(C(C)NCCN)c2ccccc12. The molecule has 0 saturated heterocycles. The number of nitrogens with two attached hydrogens (primary N) is 1. The zero-order chi connectivity index (χ0) is 13.0. The molecule has 1 unspecified atom stereocenters. The lowest BCUT2D eigenvalue weighted by Crippen LogP contribution is -2.25. The van der Waals surface area contributed by atoms with Crippen molar-refractivity contribution >= 4 is 10.8 Å². The lowest BCUT2D eigenvalue weighted by molar-refractivity contribution is 0.403. The number of aromatic nitrogens is 1. The smallest absolute Gasteiger partial charge is 0.221 e. The first-order valence-electron chi connectivity index (χ1n) is 6.13. The largest absolute Gasteiger partial charge is 0.481 e. The van der Waals surface area contributed by atoms with Crippen LogP contribution in [0.4, 0.5) is 0 Å². The summed E-state index contributed by atoms with van der Waals surface area (Å²) in [5.41, 5.74) is 6.68. The molecule has 0 radical (unpaired) electrons. The first-order valence-corrected chi connectivity index (χ1v) is 6.13. The van der Waals surface area contributed by atoms with Crippen molar-refractivity contribution in [3.05, 3.63) is 36.0 Å². The number of nitrogens with one attached hydrogen (secondary N) is 1. The summed E-state index contributed by atoms with van der Waals surface area (Å²) in [6, 6.07) is 8.36. The molecule has 3 N–H and O–H groups in total. The van der Waals surface area contributed by atoms with Gasteiger partial charge in [0, 0.05) is 30.7 Å². The van der Waals surface area contributed by atoms with Gasteiger partial charge in [-0.2, -0.15) is 0 Å². The summed E-state index contributed by atoms with van der Waals surface area (Å²) in [6.07, 6.45) is 1.87. The normalized spacial score (nSPS) is 12.6. The molecule has 1 aromatic carbocycles. The van der Waals surface area contributed by atoms with Gasteiger partial charge in [0.05, 0.1) is 7.11 Å². The van der Waals surface area contributed by atoms with E-state index in [1.807, 2.05) is 24.4 Å². The van der Waals surface area contributed by atoms with E-state index in [0.717, 1.165) is 11.9 Å². The maximum absolute atomic E-state index is 5.52. The maximum atomic E-state index is 5.52. The van der Waals surface area contributed by atoms with Crippen LogP contribution in [-0.2, 0) is 0 Å². The van der Waals surface area contributed by atoms with Gasteiger partial charge in [0.2, 0.25) is 5.88 Å². The van der Waals surface area contributed by atoms with E-state index in [9.17, 15) is 0 Å². The summed E-state index contributed by atoms with van der Waals surface area (Å²) in [4.78, 5) is 4.36. The third kappa shape index (κ3) is 2.44. The van der Waals surface area contributed by atoms with Crippen LogP contribution in [0.25, 0.3) is 10.8 Å². The van der Waals surface area contributed by atoms with Crippen molar-refractivity contribution in [1.29, 1.82) is 0 Å². The third-order valence-corrected chi connectivity index (χ3v) is 3.04. The van der Waals surface area contributed by atoms with E-state index in [2.05, 4.69) is 23.3 Å². The number of fused-ring (bicyclic) bond motifs is 1. The lowest BCUT2D eigenvalue weighted by atomic mass is 10.0. The Kier molecular flexibility index (Phi) is 4.12. The zero-order valence-corrected chi connectivity index (χ0v) is 10.8. The molecule has 2 rings (SSSR count). The van der Waals surface area contributed by atoms with Crippen molar-refractivity contribution in [1.82, 2.24) is 10.3 Å². The number of methoxy groups -OCH3 is 1. The molecule has 96 valence electrons. The van der Waals surface area contributed by atoms with E-state index in [1.54, 1.807) is 7.11 Å². The summed E-state index contributed by atoms with van der Waals surface area (Å²) in [6.45, 7) is 3.54. The van der Waals surface area contributed by atoms with E-state index in [0.29, 0.717) is 12.4 Å². The average molecular weight is 245 g/mol. The molecule has 4 heteroatoms. The van der Waals surface area contributed by atoms with Crippen molar-refractivity contribution in [2.45, 2.75) is 13.0 Å². The molecule has 1 atom stereocenters. The lowest BCUT2D eigenvalue weighted by Gasteiger charge is -2.16. The number of hydrogen-bond donors (Lipinski definition) is 2. The minimum Gasteiger partial charge on any atom is -0.481 e. The van der Waals surface area contributed by atoms with Crippen LogP contribution in [-0.4, -0.2) is 25.2 Å². The molecule has 0 aliphatic heterocycles. The maximum Gasteiger partial charge on any atom is 0.221 e. The van der Waals surface area contributed by atoms with Crippen LogP contribution in [0.1, 0.15) is 18.5 Å². The van der Waals surface area contributed by atoms with E-state index in [1.165, 1.54) is 10.9 Å². The summed E-state index contributed by atoms with van der Waals surface area (Å²) < 4.78 is 5.29. The third-order valence-electron chi connectivity index (χ3n) is 3.04. The van der Waals surface area contributed by atoms with Crippen LogP contribution in [0.3, 0.4) is 0 Å². The van der Waals surface area contributed by atoms with Crippen molar-refractivity contribution < 1.29 is 4.74 Å². The fraction of sp³-hybridized carbons (Fsp3) is 0.357. The van der Waals surface area contributed by atoms with Gasteiger partial charge in [-0.25, -0.2) is 4.98 Å². The molecule has 4 nitrogen and oxygen atoms in total. The van der Waals surface area contributed by atoms with Gasteiger partial charge in [-0.05, 0) is 23.9 Å². The number of nitrogens with zero attached hydrogens (tertiary/aromatic N) is 1. The molecule has 0 amide bonds. The highest BCUT2D eigenvalue weighted by Crippen LogP contribution is 2.28. The number of rotatable bonds is 5. The van der Waals surface area contributed by atoms with E-state index < -0.39 is 0 Å². The molecular weight excluding hydrogens is 226 g/mol. The van der Waals surface area contributed by atoms with Crippen molar-refractivity contribution in [2.24, 2.45) is 5.73 Å². The molecule has 0 aliphatic rings. The molecule has 0 bridgehead atoms. The van der Waals surface area contributed by atoms with Gasteiger partial charge in [-0.3, -0.25) is 0 Å². The second-order valence-corrected chi connectivity index (χ2v) is 4.23. The number of ether oxygens (including phenoxy) is 1. The van der Waals surface area contributed by atoms with E-state index in [4.69, 9.17) is 10.5 Å². The van der Waals surface area contributed by atoms with E-state index >= 15 is 0 Å². The van der Waals surface area contributed by atoms with Gasteiger partial charge in [-0.15, -0.1) is 0 Å². The minimum atomic E-state index is 0.219. The standard InChI is InChI=1S/C14H19N3O/c1-10(16-8-7-15)13-9-17-14(18-2)12-6-4-3-5-11(12)13/h3-6,9-10,16H,7-8,15H2,1-2H3. The van der Waals surface area contributed by atoms with Crippen LogP contribution >= 0.6 is 0 Å². The molecular formula is C14H19N3O. The summed E-state index contributed by atoms with van der Waals surface area (Å²) >= 11 is 0. The predicted molar refractivity (Wildman–Crippen MR) is 73.8 cm³/mol. The predicted octanol–water partition coefficient (Wildman–Crippen LogP) is 1.85. The van der Waals surface area contributed by atoms with Gasteiger partial charge < -0.3 is 15.8 Å². The fourth-order valence-corrected chi connectivity index (χ4v) is 2.11. The highest BCUT2D eigenvalue weighted by Gasteiger charge is 2.12. The molecule has 18 heavy (non-hydrogen) atoms. The first kappa shape index (κ1) is 12.8. The summed E-state index contributed by atoms with van der Waals surface area (Å²) in [5, 5.41) is 5.58. The monoisotopic (exact) mass is 245 g/mol.